The number of rotatable bonds is 9. The first-order valence-corrected chi connectivity index (χ1v) is 13.5. The molecule has 0 atom stereocenters. The van der Waals surface area contributed by atoms with Gasteiger partial charge in [0.25, 0.3) is 5.91 Å². The van der Waals surface area contributed by atoms with E-state index in [2.05, 4.69) is 10.4 Å². The highest BCUT2D eigenvalue weighted by Crippen LogP contribution is 2.22. The van der Waals surface area contributed by atoms with E-state index in [9.17, 15) is 9.59 Å². The third-order valence-electron chi connectivity index (χ3n) is 7.14. The zero-order valence-corrected chi connectivity index (χ0v) is 22.3. The molecule has 0 aliphatic carbocycles. The molecular formula is C30H35N7O2. The van der Waals surface area contributed by atoms with Gasteiger partial charge >= 0.3 is 0 Å². The summed E-state index contributed by atoms with van der Waals surface area (Å²) in [6.45, 7) is 1.52. The van der Waals surface area contributed by atoms with Gasteiger partial charge in [0.05, 0.1) is 11.9 Å². The summed E-state index contributed by atoms with van der Waals surface area (Å²) in [6.07, 6.45) is 10.3. The highest BCUT2D eigenvalue weighted by atomic mass is 16.2. The topological polar surface area (TPSA) is 111 Å². The zero-order chi connectivity index (χ0) is 27.2. The third-order valence-corrected chi connectivity index (χ3v) is 7.14. The third kappa shape index (κ3) is 6.61. The van der Waals surface area contributed by atoms with Gasteiger partial charge in [-0.25, -0.2) is 4.98 Å². The summed E-state index contributed by atoms with van der Waals surface area (Å²) in [5, 5.41) is 7.23. The smallest absolute Gasteiger partial charge is 0.258 e. The number of carbonyl (C=O) groups is 2. The Kier molecular flexibility index (Phi) is 8.17. The number of piperidine rings is 1. The van der Waals surface area contributed by atoms with Crippen molar-refractivity contribution in [1.82, 2.24) is 24.2 Å². The van der Waals surface area contributed by atoms with Gasteiger partial charge < -0.3 is 10.6 Å². The van der Waals surface area contributed by atoms with Crippen LogP contribution >= 0.6 is 0 Å². The normalized spacial score (nSPS) is 13.9. The van der Waals surface area contributed by atoms with Gasteiger partial charge in [-0.15, -0.1) is 0 Å². The number of hydrogen-bond acceptors (Lipinski definition) is 5. The van der Waals surface area contributed by atoms with Crippen molar-refractivity contribution in [3.63, 3.8) is 0 Å². The molecule has 1 saturated heterocycles. The van der Waals surface area contributed by atoms with E-state index in [0.29, 0.717) is 17.9 Å². The molecule has 0 radical (unpaired) electrons. The molecule has 1 aliphatic heterocycles. The van der Waals surface area contributed by atoms with Crippen molar-refractivity contribution in [3.8, 4) is 16.8 Å². The maximum Gasteiger partial charge on any atom is 0.258 e. The van der Waals surface area contributed by atoms with Crippen LogP contribution in [0.4, 0.5) is 5.95 Å². The molecule has 3 heterocycles. The number of nitrogens with zero attached hydrogens (tertiary/aromatic N) is 5. The van der Waals surface area contributed by atoms with E-state index in [1.54, 1.807) is 16.9 Å². The fourth-order valence-corrected chi connectivity index (χ4v) is 4.90. The summed E-state index contributed by atoms with van der Waals surface area (Å²) in [4.78, 5) is 32.5. The van der Waals surface area contributed by atoms with Crippen molar-refractivity contribution in [2.24, 2.45) is 12.8 Å². The molecule has 2 aromatic carbocycles. The number of para-hydroxylation sites is 1. The number of imidazole rings is 1. The minimum Gasteiger partial charge on any atom is -0.343 e. The predicted molar refractivity (Wildman–Crippen MR) is 152 cm³/mol. The number of anilines is 1. The van der Waals surface area contributed by atoms with E-state index >= 15 is 0 Å². The zero-order valence-electron chi connectivity index (χ0n) is 22.3. The van der Waals surface area contributed by atoms with E-state index < -0.39 is 0 Å². The summed E-state index contributed by atoms with van der Waals surface area (Å²) in [5.41, 5.74) is 10.1. The van der Waals surface area contributed by atoms with Crippen molar-refractivity contribution >= 4 is 17.8 Å². The first-order valence-electron chi connectivity index (χ1n) is 13.5. The number of unbranched alkanes of at least 4 members (excludes halogenated alkanes) is 1. The number of benzene rings is 2. The van der Waals surface area contributed by atoms with Gasteiger partial charge in [0, 0.05) is 61.8 Å². The number of aromatic nitrogens is 4. The molecule has 0 saturated carbocycles. The minimum atomic E-state index is -0.234. The lowest BCUT2D eigenvalue weighted by atomic mass is 10.1. The summed E-state index contributed by atoms with van der Waals surface area (Å²) in [5.74, 6) is 0.439. The Morgan fingerprint density at radius 1 is 1.00 bits per heavy atom. The quantitative estimate of drug-likeness (QED) is 0.319. The van der Waals surface area contributed by atoms with Gasteiger partial charge in [-0.2, -0.15) is 5.10 Å². The molecule has 1 fully saturated rings. The van der Waals surface area contributed by atoms with Crippen LogP contribution in [-0.4, -0.2) is 55.2 Å². The minimum absolute atomic E-state index is 0.207. The van der Waals surface area contributed by atoms with Crippen LogP contribution in [0.5, 0.6) is 0 Å². The lowest BCUT2D eigenvalue weighted by molar-refractivity contribution is -0.132. The van der Waals surface area contributed by atoms with E-state index in [0.717, 1.165) is 67.7 Å². The van der Waals surface area contributed by atoms with Crippen LogP contribution in [0.2, 0.25) is 0 Å². The monoisotopic (exact) mass is 525 g/mol. The van der Waals surface area contributed by atoms with E-state index in [4.69, 9.17) is 10.7 Å². The van der Waals surface area contributed by atoms with Gasteiger partial charge in [-0.1, -0.05) is 30.3 Å². The van der Waals surface area contributed by atoms with Crippen molar-refractivity contribution in [1.29, 1.82) is 0 Å². The number of aryl methyl sites for hydroxylation is 2. The Morgan fingerprint density at radius 3 is 2.54 bits per heavy atom. The molecule has 0 bridgehead atoms. The van der Waals surface area contributed by atoms with Crippen LogP contribution < -0.4 is 11.1 Å². The maximum atomic E-state index is 13.3. The Balaban J connectivity index is 1.25. The van der Waals surface area contributed by atoms with Gasteiger partial charge in [-0.3, -0.25) is 24.2 Å². The Labute approximate surface area is 228 Å². The van der Waals surface area contributed by atoms with Crippen LogP contribution in [0, 0.1) is 0 Å². The van der Waals surface area contributed by atoms with Crippen LogP contribution in [0.3, 0.4) is 0 Å². The van der Waals surface area contributed by atoms with Crippen LogP contribution in [-0.2, 0) is 18.3 Å². The van der Waals surface area contributed by atoms with Gasteiger partial charge in [0.1, 0.15) is 0 Å². The largest absolute Gasteiger partial charge is 0.343 e. The Morgan fingerprint density at radius 2 is 1.79 bits per heavy atom. The predicted octanol–water partition coefficient (Wildman–Crippen LogP) is 4.19. The first kappa shape index (κ1) is 26.4. The fraction of sp³-hybridized carbons (Fsp3) is 0.333. The molecule has 202 valence electrons. The Hall–Kier alpha value is -4.24. The molecule has 2 amide bonds. The van der Waals surface area contributed by atoms with Gasteiger partial charge in [0.15, 0.2) is 0 Å². The number of carbonyl (C=O) groups excluding carboxylic acids is 2. The highest BCUT2D eigenvalue weighted by Gasteiger charge is 2.20. The molecular weight excluding hydrogens is 490 g/mol. The lowest BCUT2D eigenvalue weighted by Crippen LogP contribution is -2.42. The summed E-state index contributed by atoms with van der Waals surface area (Å²) < 4.78 is 3.64. The molecule has 0 spiro atoms. The summed E-state index contributed by atoms with van der Waals surface area (Å²) >= 11 is 0. The fourth-order valence-electron chi connectivity index (χ4n) is 4.90. The number of nitrogens with two attached hydrogens (primary N) is 1. The maximum absolute atomic E-state index is 13.3. The average Bonchev–Trinajstić information content (AvgIpc) is 3.58. The molecule has 5 rings (SSSR count). The molecule has 1 aliphatic rings. The number of likely N-dealkylation sites (tertiary alicyclic amines) is 1. The molecule has 9 heteroatoms. The standard InChI is InChI=1S/C30H35N7O2/c1-35-20-24(19-32-35)22-8-7-9-23(18-22)29(39)34-30-33-26(21-37(30)27-11-3-2-4-12-27)10-5-6-13-28(38)36-16-14-25(31)15-17-36/h2-4,7-9,11-12,18-21,25H,5-6,10,13-17,31H2,1H3,(H,33,34,39). The van der Waals surface area contributed by atoms with Crippen molar-refractivity contribution < 1.29 is 9.59 Å². The van der Waals surface area contributed by atoms with Crippen LogP contribution in [0.15, 0.2) is 73.2 Å². The molecule has 4 aromatic rings. The highest BCUT2D eigenvalue weighted by molar-refractivity contribution is 6.04. The molecule has 39 heavy (non-hydrogen) atoms. The van der Waals surface area contributed by atoms with E-state index in [1.165, 1.54) is 0 Å². The molecule has 2 aromatic heterocycles. The number of amides is 2. The molecule has 3 N–H and O–H groups in total. The Bertz CT molecular complexity index is 1420. The lowest BCUT2D eigenvalue weighted by Gasteiger charge is -2.30. The van der Waals surface area contributed by atoms with E-state index in [-0.39, 0.29) is 17.9 Å². The summed E-state index contributed by atoms with van der Waals surface area (Å²) in [6, 6.07) is 17.5. The molecule has 9 nitrogen and oxygen atoms in total. The van der Waals surface area contributed by atoms with Crippen LogP contribution in [0.1, 0.15) is 48.2 Å². The van der Waals surface area contributed by atoms with Gasteiger partial charge in [0.2, 0.25) is 11.9 Å². The van der Waals surface area contributed by atoms with Gasteiger partial charge in [-0.05, 0) is 61.9 Å². The first-order chi connectivity index (χ1) is 19.0. The van der Waals surface area contributed by atoms with Crippen molar-refractivity contribution in [2.75, 3.05) is 18.4 Å². The number of hydrogen-bond donors (Lipinski definition) is 2. The van der Waals surface area contributed by atoms with E-state index in [1.807, 2.05) is 77.4 Å². The second kappa shape index (κ2) is 12.1. The SMILES string of the molecule is Cn1cc(-c2cccc(C(=O)Nc3nc(CCCCC(=O)N4CCC(N)CC4)cn3-c3ccccc3)c2)cn1. The second-order valence-corrected chi connectivity index (χ2v) is 10.1. The van der Waals surface area contributed by atoms with Crippen molar-refractivity contribution in [2.45, 2.75) is 44.6 Å². The average molecular weight is 526 g/mol. The second-order valence-electron chi connectivity index (χ2n) is 10.1. The van der Waals surface area contributed by atoms with Crippen LogP contribution in [0.25, 0.3) is 16.8 Å². The number of nitrogens with one attached hydrogen (secondary N) is 1. The molecule has 0 unspecified atom stereocenters. The van der Waals surface area contributed by atoms with Crippen molar-refractivity contribution in [3.05, 3.63) is 84.4 Å². The summed E-state index contributed by atoms with van der Waals surface area (Å²) in [7, 11) is 1.86.